The Kier molecular flexibility index (Phi) is 7.56. The predicted molar refractivity (Wildman–Crippen MR) is 169 cm³/mol. The number of carbonyl (C=O) groups excluding carboxylic acids is 5. The van der Waals surface area contributed by atoms with Crippen molar-refractivity contribution in [2.45, 2.75) is 25.7 Å². The van der Waals surface area contributed by atoms with Gasteiger partial charge in [-0.05, 0) is 97.7 Å². The zero-order valence-corrected chi connectivity index (χ0v) is 25.1. The van der Waals surface area contributed by atoms with Gasteiger partial charge in [0, 0.05) is 5.56 Å². The number of nitrogens with zero attached hydrogens (tertiary/aromatic N) is 1. The molecule has 0 N–H and O–H groups in total. The number of imide groups is 1. The van der Waals surface area contributed by atoms with Crippen LogP contribution in [0, 0.1) is 30.6 Å². The van der Waals surface area contributed by atoms with Gasteiger partial charge >= 0.3 is 11.9 Å². The molecule has 46 heavy (non-hydrogen) atoms. The van der Waals surface area contributed by atoms with Crippen molar-refractivity contribution in [3.8, 4) is 5.75 Å². The molecule has 0 spiro atoms. The third kappa shape index (κ3) is 5.30. The van der Waals surface area contributed by atoms with E-state index in [-0.39, 0.29) is 58.3 Å². The molecule has 4 aromatic carbocycles. The fraction of sp³-hybridized carbons (Fsp3) is 0.237. The van der Waals surface area contributed by atoms with Crippen LogP contribution in [0.25, 0.3) is 0 Å². The van der Waals surface area contributed by atoms with Crippen molar-refractivity contribution in [3.05, 3.63) is 131 Å². The van der Waals surface area contributed by atoms with Crippen molar-refractivity contribution >= 4 is 35.2 Å². The molecule has 4 aromatic rings. The summed E-state index contributed by atoms with van der Waals surface area (Å²) in [5.41, 5.74) is 3.38. The maximum atomic E-state index is 13.7. The van der Waals surface area contributed by atoms with Crippen molar-refractivity contribution in [2.75, 3.05) is 11.5 Å². The van der Waals surface area contributed by atoms with Crippen molar-refractivity contribution in [2.24, 2.45) is 23.7 Å². The summed E-state index contributed by atoms with van der Waals surface area (Å²) in [5, 5.41) is 0. The highest BCUT2D eigenvalue weighted by Crippen LogP contribution is 2.61. The van der Waals surface area contributed by atoms with Gasteiger partial charge in [-0.15, -0.1) is 0 Å². The lowest BCUT2D eigenvalue weighted by atomic mass is 9.73. The summed E-state index contributed by atoms with van der Waals surface area (Å²) in [6.07, 6.45) is 1.77. The number of esters is 2. The number of rotatable bonds is 8. The Morgan fingerprint density at radius 2 is 1.41 bits per heavy atom. The Bertz CT molecular complexity index is 1850. The largest absolute Gasteiger partial charge is 0.454 e. The fourth-order valence-corrected chi connectivity index (χ4v) is 7.43. The van der Waals surface area contributed by atoms with Crippen LogP contribution >= 0.6 is 0 Å². The maximum absolute atomic E-state index is 13.7. The van der Waals surface area contributed by atoms with Gasteiger partial charge in [-0.3, -0.25) is 19.3 Å². The van der Waals surface area contributed by atoms with E-state index in [2.05, 4.69) is 12.1 Å². The standard InChI is InChI=1S/C38H31NO7/c1-22-10-12-25(13-11-22)38(44)46-29-16-14-24(15-17-29)32(40)21-45-37(43)26-8-5-9-28(18-26)39-35(41)33-27-19-30(23-6-3-2-4-7-23)31(20-27)34(33)36(39)42/h2-18,27,30-31,33-34H,19-21H2,1H3/t27-,30+,31+,33+,34-/m0/s1. The zero-order valence-electron chi connectivity index (χ0n) is 25.1. The number of fused-ring (bicyclic) bond motifs is 5. The van der Waals surface area contributed by atoms with E-state index in [1.807, 2.05) is 37.3 Å². The van der Waals surface area contributed by atoms with Gasteiger partial charge in [0.05, 0.1) is 28.7 Å². The molecule has 0 aromatic heterocycles. The van der Waals surface area contributed by atoms with Crippen LogP contribution in [0.2, 0.25) is 0 Å². The van der Waals surface area contributed by atoms with Crippen molar-refractivity contribution in [1.29, 1.82) is 0 Å². The molecule has 3 fully saturated rings. The lowest BCUT2D eigenvalue weighted by Gasteiger charge is -2.28. The number of aryl methyl sites for hydroxylation is 1. The van der Waals surface area contributed by atoms with Crippen molar-refractivity contribution < 1.29 is 33.4 Å². The second-order valence-electron chi connectivity index (χ2n) is 12.3. The van der Waals surface area contributed by atoms with Crippen LogP contribution in [0.3, 0.4) is 0 Å². The first-order chi connectivity index (χ1) is 22.3. The van der Waals surface area contributed by atoms with Crippen LogP contribution in [-0.4, -0.2) is 36.1 Å². The first-order valence-electron chi connectivity index (χ1n) is 15.4. The third-order valence-corrected chi connectivity index (χ3v) is 9.59. The van der Waals surface area contributed by atoms with E-state index in [0.717, 1.165) is 18.4 Å². The van der Waals surface area contributed by atoms with Gasteiger partial charge in [0.1, 0.15) is 5.75 Å². The molecule has 2 amide bonds. The molecular formula is C38H31NO7. The van der Waals surface area contributed by atoms with Crippen LogP contribution in [0.15, 0.2) is 103 Å². The SMILES string of the molecule is Cc1ccc(C(=O)Oc2ccc(C(=O)COC(=O)c3cccc(N4C(=O)[C@@H]5[C@@H]6C[C@@H]([C@@H]5C4=O)[C@@H](c4ccccc4)C6)c3)cc2)cc1. The van der Waals surface area contributed by atoms with Crippen molar-refractivity contribution in [3.63, 3.8) is 0 Å². The number of benzene rings is 4. The smallest absolute Gasteiger partial charge is 0.343 e. The minimum atomic E-state index is -0.748. The van der Waals surface area contributed by atoms with Gasteiger partial charge in [0.2, 0.25) is 11.8 Å². The van der Waals surface area contributed by atoms with E-state index in [4.69, 9.17) is 9.47 Å². The highest BCUT2D eigenvalue weighted by molar-refractivity contribution is 6.23. The number of anilines is 1. The predicted octanol–water partition coefficient (Wildman–Crippen LogP) is 6.18. The number of hydrogen-bond acceptors (Lipinski definition) is 7. The Hall–Kier alpha value is -5.37. The maximum Gasteiger partial charge on any atom is 0.343 e. The molecular weight excluding hydrogens is 582 g/mol. The minimum absolute atomic E-state index is 0.118. The Morgan fingerprint density at radius 1 is 0.717 bits per heavy atom. The average molecular weight is 614 g/mol. The molecule has 2 saturated carbocycles. The second-order valence-corrected chi connectivity index (χ2v) is 12.3. The normalized spacial score (nSPS) is 22.9. The number of amides is 2. The van der Waals surface area contributed by atoms with E-state index in [0.29, 0.717) is 11.3 Å². The number of hydrogen-bond donors (Lipinski definition) is 0. The quantitative estimate of drug-likeness (QED) is 0.101. The van der Waals surface area contributed by atoms with Crippen LogP contribution < -0.4 is 9.64 Å². The Morgan fingerprint density at radius 3 is 2.15 bits per heavy atom. The molecule has 7 rings (SSSR count). The molecule has 8 nitrogen and oxygen atoms in total. The molecule has 0 radical (unpaired) electrons. The molecule has 230 valence electrons. The van der Waals surface area contributed by atoms with Crippen LogP contribution in [0.5, 0.6) is 5.75 Å². The number of ketones is 1. The first-order valence-corrected chi connectivity index (χ1v) is 15.4. The summed E-state index contributed by atoms with van der Waals surface area (Å²) in [7, 11) is 0. The summed E-state index contributed by atoms with van der Waals surface area (Å²) >= 11 is 0. The molecule has 3 aliphatic rings. The molecule has 0 unspecified atom stereocenters. The van der Waals surface area contributed by atoms with Gasteiger partial charge in [-0.1, -0.05) is 54.1 Å². The number of carbonyl (C=O) groups is 5. The highest BCUT2D eigenvalue weighted by atomic mass is 16.5. The minimum Gasteiger partial charge on any atom is -0.454 e. The summed E-state index contributed by atoms with van der Waals surface area (Å²) < 4.78 is 10.7. The molecule has 1 aliphatic heterocycles. The fourth-order valence-electron chi connectivity index (χ4n) is 7.43. The van der Waals surface area contributed by atoms with Crippen molar-refractivity contribution in [1.82, 2.24) is 0 Å². The molecule has 5 atom stereocenters. The average Bonchev–Trinajstić information content (AvgIpc) is 3.75. The van der Waals surface area contributed by atoms with Gasteiger partial charge in [-0.25, -0.2) is 9.59 Å². The summed E-state index contributed by atoms with van der Waals surface area (Å²) in [6, 6.07) is 29.4. The summed E-state index contributed by atoms with van der Waals surface area (Å²) in [6.45, 7) is 1.41. The topological polar surface area (TPSA) is 107 Å². The number of ether oxygens (including phenoxy) is 2. The van der Waals surface area contributed by atoms with Gasteiger partial charge < -0.3 is 9.47 Å². The van der Waals surface area contributed by atoms with Crippen LogP contribution in [0.4, 0.5) is 5.69 Å². The summed E-state index contributed by atoms with van der Waals surface area (Å²) in [4.78, 5) is 66.6. The third-order valence-electron chi connectivity index (χ3n) is 9.59. The van der Waals surface area contributed by atoms with Gasteiger partial charge in [0.25, 0.3) is 0 Å². The van der Waals surface area contributed by atoms with Gasteiger partial charge in [-0.2, -0.15) is 0 Å². The Balaban J connectivity index is 0.977. The molecule has 8 heteroatoms. The molecule has 2 bridgehead atoms. The van der Waals surface area contributed by atoms with E-state index in [9.17, 15) is 24.0 Å². The van der Waals surface area contributed by atoms with E-state index < -0.39 is 24.3 Å². The van der Waals surface area contributed by atoms with E-state index in [1.165, 1.54) is 46.9 Å². The number of Topliss-reactive ketones (excluding diaryl/α,β-unsaturated/α-hetero) is 1. The van der Waals surface area contributed by atoms with Crippen LogP contribution in [-0.2, 0) is 14.3 Å². The van der Waals surface area contributed by atoms with E-state index in [1.54, 1.807) is 24.3 Å². The Labute approximate surface area is 265 Å². The first kappa shape index (κ1) is 29.3. The molecule has 1 saturated heterocycles. The van der Waals surface area contributed by atoms with Crippen LogP contribution in [0.1, 0.15) is 61.0 Å². The lowest BCUT2D eigenvalue weighted by Crippen LogP contribution is -2.33. The van der Waals surface area contributed by atoms with E-state index >= 15 is 0 Å². The second kappa shape index (κ2) is 11.9. The lowest BCUT2D eigenvalue weighted by molar-refractivity contribution is -0.123. The highest BCUT2D eigenvalue weighted by Gasteiger charge is 2.64. The molecule has 2 aliphatic carbocycles. The summed E-state index contributed by atoms with van der Waals surface area (Å²) in [5.74, 6) is -2.00. The van der Waals surface area contributed by atoms with Gasteiger partial charge in [0.15, 0.2) is 12.4 Å². The molecule has 1 heterocycles. The monoisotopic (exact) mass is 613 g/mol. The zero-order chi connectivity index (χ0) is 31.9.